The van der Waals surface area contributed by atoms with Crippen molar-refractivity contribution in [1.29, 1.82) is 0 Å². The highest BCUT2D eigenvalue weighted by molar-refractivity contribution is 7.16. The molecule has 0 N–H and O–H groups in total. The van der Waals surface area contributed by atoms with Gasteiger partial charge in [0.15, 0.2) is 4.80 Å². The molecule has 0 radical (unpaired) electrons. The van der Waals surface area contributed by atoms with Crippen LogP contribution in [0.4, 0.5) is 0 Å². The quantitative estimate of drug-likeness (QED) is 0.700. The molecule has 1 aromatic heterocycles. The Morgan fingerprint density at radius 3 is 2.52 bits per heavy atom. The number of aryl methyl sites for hydroxylation is 3. The molecule has 0 atom stereocenters. The Kier molecular flexibility index (Phi) is 4.44. The van der Waals surface area contributed by atoms with Gasteiger partial charge in [0.25, 0.3) is 5.91 Å². The number of amides is 1. The van der Waals surface area contributed by atoms with Gasteiger partial charge in [0, 0.05) is 12.1 Å². The Hall–Kier alpha value is -2.20. The summed E-state index contributed by atoms with van der Waals surface area (Å²) in [7, 11) is 0. The van der Waals surface area contributed by atoms with Crippen molar-refractivity contribution >= 4 is 27.5 Å². The molecule has 0 bridgehead atoms. The third-order valence-corrected chi connectivity index (χ3v) is 5.00. The van der Waals surface area contributed by atoms with Crippen molar-refractivity contribution in [1.82, 2.24) is 4.57 Å². The van der Waals surface area contributed by atoms with Gasteiger partial charge in [-0.1, -0.05) is 36.5 Å². The monoisotopic (exact) mass is 324 g/mol. The average Bonchev–Trinajstić information content (AvgIpc) is 2.86. The summed E-state index contributed by atoms with van der Waals surface area (Å²) in [5.74, 6) is -0.185. The first kappa shape index (κ1) is 15.7. The standard InChI is InChI=1S/C19H20N2OS/c1-4-10-21-16-11-13(2)14(3)12-17(16)23-19(21)20-18(22)15-8-6-5-7-9-15/h5-9,11-12H,4,10H2,1-3H3. The van der Waals surface area contributed by atoms with Crippen molar-refractivity contribution < 1.29 is 4.79 Å². The number of hydrogen-bond acceptors (Lipinski definition) is 2. The maximum Gasteiger partial charge on any atom is 0.279 e. The van der Waals surface area contributed by atoms with Crippen LogP contribution < -0.4 is 4.80 Å². The van der Waals surface area contributed by atoms with Crippen LogP contribution in [0.25, 0.3) is 10.2 Å². The zero-order chi connectivity index (χ0) is 16.4. The SMILES string of the molecule is CCCn1c(=NC(=O)c2ccccc2)sc2cc(C)c(C)cc21. The van der Waals surface area contributed by atoms with Crippen molar-refractivity contribution in [3.8, 4) is 0 Å². The molecule has 2 aromatic carbocycles. The van der Waals surface area contributed by atoms with E-state index in [0.29, 0.717) is 5.56 Å². The van der Waals surface area contributed by atoms with Gasteiger partial charge in [0.2, 0.25) is 0 Å². The van der Waals surface area contributed by atoms with Gasteiger partial charge in [-0.3, -0.25) is 4.79 Å². The summed E-state index contributed by atoms with van der Waals surface area (Å²) in [6.45, 7) is 7.24. The van der Waals surface area contributed by atoms with Crippen LogP contribution in [0.3, 0.4) is 0 Å². The van der Waals surface area contributed by atoms with E-state index in [-0.39, 0.29) is 5.91 Å². The summed E-state index contributed by atoms with van der Waals surface area (Å²) in [6, 6.07) is 13.6. The third kappa shape index (κ3) is 3.13. The average molecular weight is 324 g/mol. The Morgan fingerprint density at radius 1 is 1.13 bits per heavy atom. The van der Waals surface area contributed by atoms with Gasteiger partial charge in [-0.15, -0.1) is 0 Å². The van der Waals surface area contributed by atoms with Crippen LogP contribution in [-0.4, -0.2) is 10.5 Å². The van der Waals surface area contributed by atoms with E-state index in [1.54, 1.807) is 23.5 Å². The molecule has 0 fully saturated rings. The van der Waals surface area contributed by atoms with Gasteiger partial charge in [0.1, 0.15) is 0 Å². The summed E-state index contributed by atoms with van der Waals surface area (Å²) in [5, 5.41) is 0. The van der Waals surface area contributed by atoms with E-state index in [1.165, 1.54) is 21.3 Å². The van der Waals surface area contributed by atoms with Gasteiger partial charge in [-0.2, -0.15) is 4.99 Å². The van der Waals surface area contributed by atoms with Gasteiger partial charge in [0.05, 0.1) is 10.2 Å². The second-order valence-corrected chi connectivity index (χ2v) is 6.73. The zero-order valence-corrected chi connectivity index (χ0v) is 14.5. The molecule has 0 aliphatic carbocycles. The zero-order valence-electron chi connectivity index (χ0n) is 13.7. The predicted molar refractivity (Wildman–Crippen MR) is 95.9 cm³/mol. The fourth-order valence-corrected chi connectivity index (χ4v) is 3.71. The van der Waals surface area contributed by atoms with Gasteiger partial charge in [-0.25, -0.2) is 0 Å². The lowest BCUT2D eigenvalue weighted by Gasteiger charge is -2.05. The lowest BCUT2D eigenvalue weighted by molar-refractivity contribution is 0.0998. The van der Waals surface area contributed by atoms with Crippen molar-refractivity contribution in [2.24, 2.45) is 4.99 Å². The van der Waals surface area contributed by atoms with Crippen LogP contribution in [0.1, 0.15) is 34.8 Å². The minimum absolute atomic E-state index is 0.185. The number of fused-ring (bicyclic) bond motifs is 1. The number of hydrogen-bond donors (Lipinski definition) is 0. The van der Waals surface area contributed by atoms with E-state index < -0.39 is 0 Å². The number of nitrogens with zero attached hydrogens (tertiary/aromatic N) is 2. The molecule has 23 heavy (non-hydrogen) atoms. The number of benzene rings is 2. The normalized spacial score (nSPS) is 12.0. The largest absolute Gasteiger partial charge is 0.316 e. The summed E-state index contributed by atoms with van der Waals surface area (Å²) in [4.78, 5) is 17.6. The smallest absolute Gasteiger partial charge is 0.279 e. The lowest BCUT2D eigenvalue weighted by atomic mass is 10.1. The second kappa shape index (κ2) is 6.50. The number of thiazole rings is 1. The van der Waals surface area contributed by atoms with Crippen LogP contribution in [0.15, 0.2) is 47.5 Å². The van der Waals surface area contributed by atoms with Gasteiger partial charge < -0.3 is 4.57 Å². The van der Waals surface area contributed by atoms with Crippen LogP contribution in [-0.2, 0) is 6.54 Å². The summed E-state index contributed by atoms with van der Waals surface area (Å²) in [5.41, 5.74) is 4.32. The molecule has 0 saturated carbocycles. The fourth-order valence-electron chi connectivity index (χ4n) is 2.58. The van der Waals surface area contributed by atoms with Crippen molar-refractivity contribution in [3.63, 3.8) is 0 Å². The molecular weight excluding hydrogens is 304 g/mol. The molecule has 4 heteroatoms. The van der Waals surface area contributed by atoms with E-state index in [1.807, 2.05) is 18.2 Å². The van der Waals surface area contributed by atoms with Crippen molar-refractivity contribution in [2.45, 2.75) is 33.7 Å². The van der Waals surface area contributed by atoms with Crippen LogP contribution in [0, 0.1) is 13.8 Å². The van der Waals surface area contributed by atoms with Crippen molar-refractivity contribution in [2.75, 3.05) is 0 Å². The molecule has 3 nitrogen and oxygen atoms in total. The molecule has 0 aliphatic rings. The molecule has 3 rings (SSSR count). The molecular formula is C19H20N2OS. The minimum Gasteiger partial charge on any atom is -0.316 e. The Balaban J connectivity index is 2.18. The van der Waals surface area contributed by atoms with E-state index in [4.69, 9.17) is 0 Å². The molecule has 0 saturated heterocycles. The summed E-state index contributed by atoms with van der Waals surface area (Å²) < 4.78 is 3.34. The first-order chi connectivity index (χ1) is 11.1. The molecule has 0 aliphatic heterocycles. The van der Waals surface area contributed by atoms with Gasteiger partial charge >= 0.3 is 0 Å². The maximum absolute atomic E-state index is 12.4. The second-order valence-electron chi connectivity index (χ2n) is 5.72. The predicted octanol–water partition coefficient (Wildman–Crippen LogP) is 4.47. The first-order valence-electron chi connectivity index (χ1n) is 7.85. The van der Waals surface area contributed by atoms with E-state index in [0.717, 1.165) is 17.8 Å². The summed E-state index contributed by atoms with van der Waals surface area (Å²) >= 11 is 1.59. The number of aromatic nitrogens is 1. The van der Waals surface area contributed by atoms with Crippen LogP contribution >= 0.6 is 11.3 Å². The Labute approximate surface area is 139 Å². The van der Waals surface area contributed by atoms with E-state index in [9.17, 15) is 4.79 Å². The number of carbonyl (C=O) groups excluding carboxylic acids is 1. The molecule has 3 aromatic rings. The lowest BCUT2D eigenvalue weighted by Crippen LogP contribution is -2.16. The number of carbonyl (C=O) groups is 1. The molecule has 1 heterocycles. The third-order valence-electron chi connectivity index (χ3n) is 3.96. The highest BCUT2D eigenvalue weighted by Gasteiger charge is 2.10. The Morgan fingerprint density at radius 2 is 1.83 bits per heavy atom. The molecule has 0 unspecified atom stereocenters. The highest BCUT2D eigenvalue weighted by atomic mass is 32.1. The number of rotatable bonds is 3. The molecule has 118 valence electrons. The van der Waals surface area contributed by atoms with Crippen molar-refractivity contribution in [3.05, 3.63) is 64.0 Å². The van der Waals surface area contributed by atoms with Gasteiger partial charge in [-0.05, 0) is 55.7 Å². The summed E-state index contributed by atoms with van der Waals surface area (Å²) in [6.07, 6.45) is 1.01. The minimum atomic E-state index is -0.185. The molecule has 1 amide bonds. The topological polar surface area (TPSA) is 34.4 Å². The van der Waals surface area contributed by atoms with Crippen LogP contribution in [0.2, 0.25) is 0 Å². The molecule has 0 spiro atoms. The van der Waals surface area contributed by atoms with E-state index in [2.05, 4.69) is 42.5 Å². The fraction of sp³-hybridized carbons (Fsp3) is 0.263. The first-order valence-corrected chi connectivity index (χ1v) is 8.66. The highest BCUT2D eigenvalue weighted by Crippen LogP contribution is 2.22. The van der Waals surface area contributed by atoms with Crippen LogP contribution in [0.5, 0.6) is 0 Å². The Bertz CT molecular complexity index is 920. The van der Waals surface area contributed by atoms with E-state index >= 15 is 0 Å². The maximum atomic E-state index is 12.4.